The molecular formula is C15H25N3O2. The summed E-state index contributed by atoms with van der Waals surface area (Å²) in [5.41, 5.74) is 0.701. The molecule has 1 aromatic rings. The van der Waals surface area contributed by atoms with E-state index in [0.29, 0.717) is 5.92 Å². The van der Waals surface area contributed by atoms with Crippen molar-refractivity contribution in [1.29, 1.82) is 0 Å². The number of hydrogen-bond acceptors (Lipinski definition) is 3. The lowest BCUT2D eigenvalue weighted by Gasteiger charge is -2.23. The maximum Gasteiger partial charge on any atom is 0.407 e. The van der Waals surface area contributed by atoms with Crippen LogP contribution in [0.4, 0.5) is 4.79 Å². The smallest absolute Gasteiger partial charge is 0.407 e. The second-order valence-corrected chi connectivity index (χ2v) is 6.42. The number of hydrogen-bond donors (Lipinski definition) is 3. The number of aromatic amines is 1. The topological polar surface area (TPSA) is 66.2 Å². The number of alkyl carbamates (subject to hydrolysis) is 1. The zero-order chi connectivity index (χ0) is 14.6. The maximum absolute atomic E-state index is 11.8. The van der Waals surface area contributed by atoms with Crippen molar-refractivity contribution in [3.63, 3.8) is 0 Å². The zero-order valence-corrected chi connectivity index (χ0v) is 12.5. The van der Waals surface area contributed by atoms with Crippen molar-refractivity contribution in [2.45, 2.75) is 51.8 Å². The van der Waals surface area contributed by atoms with Gasteiger partial charge < -0.3 is 20.4 Å². The van der Waals surface area contributed by atoms with E-state index in [1.807, 2.05) is 39.1 Å². The van der Waals surface area contributed by atoms with E-state index in [1.54, 1.807) is 0 Å². The Labute approximate surface area is 120 Å². The molecule has 0 spiro atoms. The number of carbonyl (C=O) groups excluding carboxylic acids is 1. The van der Waals surface area contributed by atoms with Crippen molar-refractivity contribution in [1.82, 2.24) is 15.6 Å². The molecule has 1 aromatic heterocycles. The van der Waals surface area contributed by atoms with Gasteiger partial charge in [-0.15, -0.1) is 0 Å². The molecule has 112 valence electrons. The van der Waals surface area contributed by atoms with Gasteiger partial charge in [-0.1, -0.05) is 0 Å². The Kier molecular flexibility index (Phi) is 4.70. The zero-order valence-electron chi connectivity index (χ0n) is 12.5. The number of aromatic nitrogens is 1. The molecule has 5 heteroatoms. The van der Waals surface area contributed by atoms with E-state index >= 15 is 0 Å². The van der Waals surface area contributed by atoms with Crippen LogP contribution in [0.1, 0.15) is 39.3 Å². The second kappa shape index (κ2) is 6.31. The molecule has 0 saturated heterocycles. The van der Waals surface area contributed by atoms with E-state index in [2.05, 4.69) is 15.6 Å². The normalized spacial score (nSPS) is 16.8. The Hall–Kier alpha value is -1.49. The Bertz CT molecular complexity index is 419. The van der Waals surface area contributed by atoms with Crippen LogP contribution < -0.4 is 10.6 Å². The first-order valence-corrected chi connectivity index (χ1v) is 7.26. The molecule has 1 unspecified atom stereocenters. The highest BCUT2D eigenvalue weighted by Crippen LogP contribution is 2.32. The van der Waals surface area contributed by atoms with Gasteiger partial charge in [-0.25, -0.2) is 4.79 Å². The van der Waals surface area contributed by atoms with Crippen LogP contribution in [0, 0.1) is 5.92 Å². The first-order chi connectivity index (χ1) is 9.44. The van der Waals surface area contributed by atoms with Crippen molar-refractivity contribution in [2.24, 2.45) is 5.92 Å². The second-order valence-electron chi connectivity index (χ2n) is 6.42. The largest absolute Gasteiger partial charge is 0.444 e. The Morgan fingerprint density at radius 2 is 2.25 bits per heavy atom. The van der Waals surface area contributed by atoms with Gasteiger partial charge in [-0.3, -0.25) is 0 Å². The number of ether oxygens (including phenoxy) is 1. The van der Waals surface area contributed by atoms with E-state index in [0.717, 1.165) is 18.8 Å². The van der Waals surface area contributed by atoms with Gasteiger partial charge in [-0.2, -0.15) is 0 Å². The third-order valence-electron chi connectivity index (χ3n) is 3.24. The summed E-state index contributed by atoms with van der Waals surface area (Å²) in [6.45, 7) is 7.18. The first kappa shape index (κ1) is 14.9. The van der Waals surface area contributed by atoms with Crippen LogP contribution in [0.15, 0.2) is 18.3 Å². The lowest BCUT2D eigenvalue weighted by molar-refractivity contribution is 0.0497. The van der Waals surface area contributed by atoms with Crippen molar-refractivity contribution in [3.8, 4) is 0 Å². The van der Waals surface area contributed by atoms with Crippen LogP contribution >= 0.6 is 0 Å². The van der Waals surface area contributed by atoms with Gasteiger partial charge in [0, 0.05) is 31.0 Å². The highest BCUT2D eigenvalue weighted by atomic mass is 16.6. The van der Waals surface area contributed by atoms with Gasteiger partial charge >= 0.3 is 6.09 Å². The number of rotatable bonds is 6. The lowest BCUT2D eigenvalue weighted by atomic mass is 10.2. The van der Waals surface area contributed by atoms with Crippen LogP contribution in [-0.4, -0.2) is 29.3 Å². The van der Waals surface area contributed by atoms with Crippen LogP contribution in [0.5, 0.6) is 0 Å². The molecule has 1 fully saturated rings. The summed E-state index contributed by atoms with van der Waals surface area (Å²) >= 11 is 0. The molecule has 1 heterocycles. The van der Waals surface area contributed by atoms with Gasteiger partial charge in [0.15, 0.2) is 0 Å². The van der Waals surface area contributed by atoms with Gasteiger partial charge in [0.25, 0.3) is 0 Å². The van der Waals surface area contributed by atoms with Gasteiger partial charge in [0.1, 0.15) is 5.60 Å². The molecule has 0 aromatic carbocycles. The Morgan fingerprint density at radius 3 is 2.80 bits per heavy atom. The molecular weight excluding hydrogens is 254 g/mol. The minimum Gasteiger partial charge on any atom is -0.444 e. The van der Waals surface area contributed by atoms with Gasteiger partial charge in [0.2, 0.25) is 0 Å². The van der Waals surface area contributed by atoms with Crippen LogP contribution in [0.25, 0.3) is 0 Å². The fourth-order valence-electron chi connectivity index (χ4n) is 2.13. The fourth-order valence-corrected chi connectivity index (χ4v) is 2.13. The average Bonchev–Trinajstić information content (AvgIpc) is 3.04. The van der Waals surface area contributed by atoms with E-state index in [9.17, 15) is 4.79 Å². The summed E-state index contributed by atoms with van der Waals surface area (Å²) in [6.07, 6.45) is 3.96. The van der Waals surface area contributed by atoms with Crippen molar-refractivity contribution in [3.05, 3.63) is 24.0 Å². The molecule has 1 saturated carbocycles. The molecule has 1 aliphatic carbocycles. The van der Waals surface area contributed by atoms with Gasteiger partial charge in [-0.05, 0) is 51.7 Å². The minimum absolute atomic E-state index is 0.153. The van der Waals surface area contributed by atoms with Crippen molar-refractivity contribution in [2.75, 3.05) is 6.54 Å². The SMILES string of the molecule is CC(C)(C)OC(=O)NC(CNCc1ccc[nH]1)C1CC1. The van der Waals surface area contributed by atoms with Crippen molar-refractivity contribution >= 4 is 6.09 Å². The summed E-state index contributed by atoms with van der Waals surface area (Å²) in [5.74, 6) is 0.582. The average molecular weight is 279 g/mol. The van der Waals surface area contributed by atoms with Gasteiger partial charge in [0.05, 0.1) is 0 Å². The molecule has 1 atom stereocenters. The summed E-state index contributed by atoms with van der Waals surface area (Å²) in [6, 6.07) is 4.18. The van der Waals surface area contributed by atoms with Crippen molar-refractivity contribution < 1.29 is 9.53 Å². The van der Waals surface area contributed by atoms with E-state index in [-0.39, 0.29) is 12.1 Å². The Balaban J connectivity index is 1.74. The summed E-state index contributed by atoms with van der Waals surface area (Å²) in [5, 5.41) is 6.36. The van der Waals surface area contributed by atoms with Crippen LogP contribution in [-0.2, 0) is 11.3 Å². The first-order valence-electron chi connectivity index (χ1n) is 7.26. The fraction of sp³-hybridized carbons (Fsp3) is 0.667. The van der Waals surface area contributed by atoms with E-state index in [1.165, 1.54) is 12.8 Å². The lowest BCUT2D eigenvalue weighted by Crippen LogP contribution is -2.45. The predicted molar refractivity (Wildman–Crippen MR) is 78.4 cm³/mol. The number of H-pyrrole nitrogens is 1. The molecule has 2 rings (SSSR count). The molecule has 0 radical (unpaired) electrons. The monoisotopic (exact) mass is 279 g/mol. The standard InChI is InChI=1S/C15H25N3O2/c1-15(2,3)20-14(19)18-13(11-6-7-11)10-16-9-12-5-4-8-17-12/h4-5,8,11,13,16-17H,6-7,9-10H2,1-3H3,(H,18,19). The highest BCUT2D eigenvalue weighted by Gasteiger charge is 2.33. The van der Waals surface area contributed by atoms with Crippen LogP contribution in [0.3, 0.4) is 0 Å². The van der Waals surface area contributed by atoms with E-state index in [4.69, 9.17) is 4.74 Å². The summed E-state index contributed by atoms with van der Waals surface area (Å²) < 4.78 is 5.31. The third-order valence-corrected chi connectivity index (χ3v) is 3.24. The molecule has 3 N–H and O–H groups in total. The summed E-state index contributed by atoms with van der Waals surface area (Å²) in [4.78, 5) is 15.0. The van der Waals surface area contributed by atoms with E-state index < -0.39 is 5.60 Å². The molecule has 20 heavy (non-hydrogen) atoms. The number of nitrogens with one attached hydrogen (secondary N) is 3. The molecule has 1 amide bonds. The highest BCUT2D eigenvalue weighted by molar-refractivity contribution is 5.68. The Morgan fingerprint density at radius 1 is 1.50 bits per heavy atom. The summed E-state index contributed by atoms with van der Waals surface area (Å²) in [7, 11) is 0. The minimum atomic E-state index is -0.449. The van der Waals surface area contributed by atoms with Crippen LogP contribution in [0.2, 0.25) is 0 Å². The number of carbonyl (C=O) groups is 1. The number of amides is 1. The predicted octanol–water partition coefficient (Wildman–Crippen LogP) is 2.41. The quantitative estimate of drug-likeness (QED) is 0.749. The molecule has 1 aliphatic rings. The molecule has 0 bridgehead atoms. The third kappa shape index (κ3) is 5.25. The maximum atomic E-state index is 11.8. The molecule has 5 nitrogen and oxygen atoms in total. The molecule has 0 aliphatic heterocycles.